The van der Waals surface area contributed by atoms with Gasteiger partial charge in [-0.25, -0.2) is 0 Å². The molecule has 1 aromatic rings. The second-order valence-electron chi connectivity index (χ2n) is 7.69. The molecule has 154 valence electrons. The van der Waals surface area contributed by atoms with Crippen molar-refractivity contribution in [1.29, 1.82) is 0 Å². The Hall–Kier alpha value is -1.35. The molecule has 0 aromatic heterocycles. The van der Waals surface area contributed by atoms with Crippen LogP contribution in [0.3, 0.4) is 0 Å². The number of hydrogen-bond acceptors (Lipinski definition) is 2. The maximum absolute atomic E-state index is 11.8. The largest absolute Gasteiger partial charge is 0.325 e. The molecule has 0 radical (unpaired) electrons. The zero-order valence-corrected chi connectivity index (χ0v) is 17.6. The van der Waals surface area contributed by atoms with Crippen LogP contribution in [-0.4, -0.2) is 19.0 Å². The zero-order valence-electron chi connectivity index (χ0n) is 17.6. The average molecular weight is 375 g/mol. The first-order valence-corrected chi connectivity index (χ1v) is 11.4. The van der Waals surface area contributed by atoms with Crippen molar-refractivity contribution < 1.29 is 4.79 Å². The number of nitrogens with one attached hydrogen (secondary N) is 2. The molecule has 1 rings (SSSR count). The number of rotatable bonds is 18. The lowest BCUT2D eigenvalue weighted by molar-refractivity contribution is -0.115. The molecule has 0 spiro atoms. The van der Waals surface area contributed by atoms with Crippen molar-refractivity contribution in [2.75, 3.05) is 18.4 Å². The van der Waals surface area contributed by atoms with E-state index in [1.807, 2.05) is 30.3 Å². The third kappa shape index (κ3) is 15.4. The lowest BCUT2D eigenvalue weighted by atomic mass is 10.0. The molecule has 0 unspecified atom stereocenters. The van der Waals surface area contributed by atoms with Crippen LogP contribution >= 0.6 is 0 Å². The van der Waals surface area contributed by atoms with E-state index in [-0.39, 0.29) is 5.91 Å². The predicted molar refractivity (Wildman–Crippen MR) is 118 cm³/mol. The number of benzene rings is 1. The van der Waals surface area contributed by atoms with Gasteiger partial charge in [0, 0.05) is 5.69 Å². The fraction of sp³-hybridized carbons (Fsp3) is 0.708. The van der Waals surface area contributed by atoms with E-state index >= 15 is 0 Å². The van der Waals surface area contributed by atoms with Gasteiger partial charge in [-0.15, -0.1) is 0 Å². The Kier molecular flexibility index (Phi) is 15.8. The van der Waals surface area contributed by atoms with E-state index in [0.29, 0.717) is 6.54 Å². The summed E-state index contributed by atoms with van der Waals surface area (Å²) in [6.45, 7) is 3.61. The molecule has 0 saturated carbocycles. The Morgan fingerprint density at radius 1 is 0.704 bits per heavy atom. The lowest BCUT2D eigenvalue weighted by Gasteiger charge is -2.07. The molecule has 2 N–H and O–H groups in total. The summed E-state index contributed by atoms with van der Waals surface area (Å²) in [6, 6.07) is 9.62. The molecular weight excluding hydrogens is 332 g/mol. The van der Waals surface area contributed by atoms with Gasteiger partial charge in [0.2, 0.25) is 5.91 Å². The van der Waals surface area contributed by atoms with E-state index in [0.717, 1.165) is 18.7 Å². The highest BCUT2D eigenvalue weighted by Gasteiger charge is 2.00. The molecule has 0 fully saturated rings. The van der Waals surface area contributed by atoms with Crippen LogP contribution in [0, 0.1) is 0 Å². The van der Waals surface area contributed by atoms with Crippen molar-refractivity contribution in [3.8, 4) is 0 Å². The maximum Gasteiger partial charge on any atom is 0.238 e. The Labute approximate surface area is 167 Å². The number of amides is 1. The summed E-state index contributed by atoms with van der Waals surface area (Å²) < 4.78 is 0. The number of carbonyl (C=O) groups is 1. The van der Waals surface area contributed by atoms with Gasteiger partial charge in [-0.1, -0.05) is 109 Å². The summed E-state index contributed by atoms with van der Waals surface area (Å²) in [5.41, 5.74) is 0.862. The highest BCUT2D eigenvalue weighted by molar-refractivity contribution is 5.92. The second-order valence-corrected chi connectivity index (χ2v) is 7.69. The molecule has 3 heteroatoms. The third-order valence-electron chi connectivity index (χ3n) is 5.05. The Morgan fingerprint density at radius 2 is 1.19 bits per heavy atom. The minimum atomic E-state index is 0.0339. The van der Waals surface area contributed by atoms with E-state index in [1.54, 1.807) is 0 Å². The van der Waals surface area contributed by atoms with Gasteiger partial charge in [0.05, 0.1) is 6.54 Å². The van der Waals surface area contributed by atoms with Gasteiger partial charge >= 0.3 is 0 Å². The summed E-state index contributed by atoms with van der Waals surface area (Å²) >= 11 is 0. The standard InChI is InChI=1S/C24H42N2O/c1-2-3-4-5-6-7-8-9-10-11-12-13-14-18-21-25-22-24(27)26-23-19-16-15-17-20-23/h15-17,19-20,25H,2-14,18,21-22H2,1H3,(H,26,27). The van der Waals surface area contributed by atoms with Crippen molar-refractivity contribution in [3.63, 3.8) is 0 Å². The van der Waals surface area contributed by atoms with Crippen LogP contribution in [0.2, 0.25) is 0 Å². The molecule has 3 nitrogen and oxygen atoms in total. The summed E-state index contributed by atoms with van der Waals surface area (Å²) in [4.78, 5) is 11.8. The van der Waals surface area contributed by atoms with Crippen molar-refractivity contribution in [1.82, 2.24) is 5.32 Å². The Balaban J connectivity index is 1.76. The number of unbranched alkanes of at least 4 members (excludes halogenated alkanes) is 13. The topological polar surface area (TPSA) is 41.1 Å². The smallest absolute Gasteiger partial charge is 0.238 e. The van der Waals surface area contributed by atoms with E-state index in [4.69, 9.17) is 0 Å². The number of carbonyl (C=O) groups excluding carboxylic acids is 1. The fourth-order valence-electron chi connectivity index (χ4n) is 3.37. The number of anilines is 1. The van der Waals surface area contributed by atoms with Gasteiger partial charge in [0.15, 0.2) is 0 Å². The van der Waals surface area contributed by atoms with Gasteiger partial charge < -0.3 is 10.6 Å². The highest BCUT2D eigenvalue weighted by atomic mass is 16.1. The third-order valence-corrected chi connectivity index (χ3v) is 5.05. The van der Waals surface area contributed by atoms with Crippen molar-refractivity contribution in [3.05, 3.63) is 30.3 Å². The Bertz CT molecular complexity index is 447. The van der Waals surface area contributed by atoms with E-state index in [1.165, 1.54) is 83.5 Å². The van der Waals surface area contributed by atoms with Gasteiger partial charge in [-0.3, -0.25) is 4.79 Å². The summed E-state index contributed by atoms with van der Waals surface area (Å²) in [5, 5.41) is 6.13. The zero-order chi connectivity index (χ0) is 19.4. The van der Waals surface area contributed by atoms with Crippen LogP contribution in [0.25, 0.3) is 0 Å². The normalized spacial score (nSPS) is 10.9. The summed E-state index contributed by atoms with van der Waals surface area (Å²) in [5.74, 6) is 0.0339. The van der Waals surface area contributed by atoms with E-state index in [9.17, 15) is 4.79 Å². The van der Waals surface area contributed by atoms with Crippen LogP contribution in [0.4, 0.5) is 5.69 Å². The minimum Gasteiger partial charge on any atom is -0.325 e. The lowest BCUT2D eigenvalue weighted by Crippen LogP contribution is -2.28. The minimum absolute atomic E-state index is 0.0339. The fourth-order valence-corrected chi connectivity index (χ4v) is 3.37. The quantitative estimate of drug-likeness (QED) is 0.281. The SMILES string of the molecule is CCCCCCCCCCCCCCCCNCC(=O)Nc1ccccc1. The average Bonchev–Trinajstić information content (AvgIpc) is 2.68. The van der Waals surface area contributed by atoms with Crippen molar-refractivity contribution >= 4 is 11.6 Å². The number of hydrogen-bond donors (Lipinski definition) is 2. The Morgan fingerprint density at radius 3 is 1.70 bits per heavy atom. The maximum atomic E-state index is 11.8. The van der Waals surface area contributed by atoms with E-state index < -0.39 is 0 Å². The molecule has 0 heterocycles. The van der Waals surface area contributed by atoms with Crippen LogP contribution in [0.15, 0.2) is 30.3 Å². The van der Waals surface area contributed by atoms with Gasteiger partial charge in [0.1, 0.15) is 0 Å². The summed E-state index contributed by atoms with van der Waals surface area (Å²) in [7, 11) is 0. The van der Waals surface area contributed by atoms with E-state index in [2.05, 4.69) is 17.6 Å². The first kappa shape index (κ1) is 23.7. The van der Waals surface area contributed by atoms with Crippen molar-refractivity contribution in [2.24, 2.45) is 0 Å². The molecule has 0 aliphatic heterocycles. The van der Waals surface area contributed by atoms with Crippen LogP contribution in [-0.2, 0) is 4.79 Å². The number of para-hydroxylation sites is 1. The highest BCUT2D eigenvalue weighted by Crippen LogP contribution is 2.12. The molecule has 0 bridgehead atoms. The molecule has 0 atom stereocenters. The first-order chi connectivity index (χ1) is 13.3. The molecule has 0 aliphatic carbocycles. The van der Waals surface area contributed by atoms with Gasteiger partial charge in [0.25, 0.3) is 0 Å². The molecule has 27 heavy (non-hydrogen) atoms. The van der Waals surface area contributed by atoms with Crippen LogP contribution in [0.1, 0.15) is 96.8 Å². The summed E-state index contributed by atoms with van der Waals surface area (Å²) in [6.07, 6.45) is 19.3. The van der Waals surface area contributed by atoms with Crippen molar-refractivity contribution in [2.45, 2.75) is 96.8 Å². The van der Waals surface area contributed by atoms with Crippen LogP contribution < -0.4 is 10.6 Å². The predicted octanol–water partition coefficient (Wildman–Crippen LogP) is 6.70. The van der Waals surface area contributed by atoms with Gasteiger partial charge in [-0.2, -0.15) is 0 Å². The molecule has 0 aliphatic rings. The molecule has 1 aromatic carbocycles. The first-order valence-electron chi connectivity index (χ1n) is 11.4. The molecule has 1 amide bonds. The molecule has 0 saturated heterocycles. The van der Waals surface area contributed by atoms with Crippen LogP contribution in [0.5, 0.6) is 0 Å². The molecular formula is C24H42N2O. The monoisotopic (exact) mass is 374 g/mol. The van der Waals surface area contributed by atoms with Gasteiger partial charge in [-0.05, 0) is 25.1 Å². The second kappa shape index (κ2) is 18.0.